The lowest BCUT2D eigenvalue weighted by molar-refractivity contribution is 0.410. The third-order valence-corrected chi connectivity index (χ3v) is 3.50. The van der Waals surface area contributed by atoms with Gasteiger partial charge in [0.2, 0.25) is 0 Å². The van der Waals surface area contributed by atoms with Gasteiger partial charge < -0.3 is 10.1 Å². The van der Waals surface area contributed by atoms with Crippen LogP contribution in [0.5, 0.6) is 5.75 Å². The predicted molar refractivity (Wildman–Crippen MR) is 77.3 cm³/mol. The van der Waals surface area contributed by atoms with Gasteiger partial charge in [-0.3, -0.25) is 0 Å². The minimum Gasteiger partial charge on any atom is -0.496 e. The zero-order valence-electron chi connectivity index (χ0n) is 9.78. The highest BCUT2D eigenvalue weighted by molar-refractivity contribution is 9.10. The summed E-state index contributed by atoms with van der Waals surface area (Å²) in [6, 6.07) is 9.42. The molecule has 0 aliphatic rings. The monoisotopic (exact) mass is 326 g/mol. The summed E-state index contributed by atoms with van der Waals surface area (Å²) >= 11 is 9.55. The molecule has 0 atom stereocenters. The maximum Gasteiger partial charge on any atom is 0.129 e. The summed E-state index contributed by atoms with van der Waals surface area (Å²) in [5, 5.41) is 3.95. The molecule has 0 aliphatic heterocycles. The summed E-state index contributed by atoms with van der Waals surface area (Å²) in [5.74, 6) is 0.773. The van der Waals surface area contributed by atoms with Gasteiger partial charge in [-0.05, 0) is 40.2 Å². The van der Waals surface area contributed by atoms with E-state index in [1.165, 1.54) is 0 Å². The van der Waals surface area contributed by atoms with E-state index in [-0.39, 0.29) is 0 Å². The van der Waals surface area contributed by atoms with Crippen LogP contribution in [0.25, 0.3) is 0 Å². The van der Waals surface area contributed by atoms with E-state index in [4.69, 9.17) is 16.3 Å². The molecule has 2 rings (SSSR count). The molecule has 1 aromatic heterocycles. The van der Waals surface area contributed by atoms with Crippen LogP contribution in [0.3, 0.4) is 0 Å². The molecule has 0 aliphatic carbocycles. The minimum atomic E-state index is 0.577. The van der Waals surface area contributed by atoms with Crippen molar-refractivity contribution in [1.29, 1.82) is 0 Å². The fourth-order valence-electron chi connectivity index (χ4n) is 1.60. The highest BCUT2D eigenvalue weighted by atomic mass is 79.9. The summed E-state index contributed by atoms with van der Waals surface area (Å²) in [5.41, 5.74) is 1.84. The van der Waals surface area contributed by atoms with Gasteiger partial charge in [-0.1, -0.05) is 17.7 Å². The SMILES string of the molecule is COc1cccc(Cl)c1CNc1cccnc1Br. The van der Waals surface area contributed by atoms with Crippen LogP contribution in [0.1, 0.15) is 5.56 Å². The summed E-state index contributed by atoms with van der Waals surface area (Å²) in [4.78, 5) is 4.15. The van der Waals surface area contributed by atoms with E-state index in [1.54, 1.807) is 13.3 Å². The number of anilines is 1. The van der Waals surface area contributed by atoms with Crippen molar-refractivity contribution in [3.05, 3.63) is 51.7 Å². The highest BCUT2D eigenvalue weighted by Gasteiger charge is 2.08. The number of halogens is 2. The van der Waals surface area contributed by atoms with Crippen LogP contribution in [0, 0.1) is 0 Å². The molecule has 3 nitrogen and oxygen atoms in total. The lowest BCUT2D eigenvalue weighted by Crippen LogP contribution is -2.03. The number of aromatic nitrogens is 1. The zero-order chi connectivity index (χ0) is 13.0. The van der Waals surface area contributed by atoms with Crippen LogP contribution in [0.4, 0.5) is 5.69 Å². The molecule has 1 heterocycles. The lowest BCUT2D eigenvalue weighted by atomic mass is 10.2. The number of methoxy groups -OCH3 is 1. The van der Waals surface area contributed by atoms with Gasteiger partial charge in [-0.15, -0.1) is 0 Å². The van der Waals surface area contributed by atoms with Crippen molar-refractivity contribution >= 4 is 33.2 Å². The van der Waals surface area contributed by atoms with Crippen LogP contribution in [0.2, 0.25) is 5.02 Å². The van der Waals surface area contributed by atoms with Crippen LogP contribution in [0.15, 0.2) is 41.1 Å². The van der Waals surface area contributed by atoms with E-state index in [0.29, 0.717) is 11.6 Å². The number of ether oxygens (including phenoxy) is 1. The Bertz CT molecular complexity index is 548. The van der Waals surface area contributed by atoms with Gasteiger partial charge >= 0.3 is 0 Å². The van der Waals surface area contributed by atoms with Gasteiger partial charge in [-0.25, -0.2) is 4.98 Å². The van der Waals surface area contributed by atoms with Crippen LogP contribution < -0.4 is 10.1 Å². The molecule has 5 heteroatoms. The zero-order valence-corrected chi connectivity index (χ0v) is 12.1. The second-order valence-corrected chi connectivity index (χ2v) is 4.77. The molecule has 0 spiro atoms. The minimum absolute atomic E-state index is 0.577. The molecule has 0 fully saturated rings. The topological polar surface area (TPSA) is 34.1 Å². The van der Waals surface area contributed by atoms with Gasteiger partial charge in [0.05, 0.1) is 12.8 Å². The molecule has 2 aromatic rings. The first kappa shape index (κ1) is 13.2. The van der Waals surface area contributed by atoms with Crippen molar-refractivity contribution in [2.24, 2.45) is 0 Å². The molecule has 0 amide bonds. The first-order valence-electron chi connectivity index (χ1n) is 5.38. The molecule has 94 valence electrons. The number of nitrogens with one attached hydrogen (secondary N) is 1. The second kappa shape index (κ2) is 6.07. The fraction of sp³-hybridized carbons (Fsp3) is 0.154. The Morgan fingerprint density at radius 3 is 2.89 bits per heavy atom. The Hall–Kier alpha value is -1.26. The summed E-state index contributed by atoms with van der Waals surface area (Å²) in [7, 11) is 1.63. The van der Waals surface area contributed by atoms with Gasteiger partial charge in [0.1, 0.15) is 10.4 Å². The lowest BCUT2D eigenvalue weighted by Gasteiger charge is -2.12. The predicted octanol–water partition coefficient (Wildman–Crippen LogP) is 4.12. The van der Waals surface area contributed by atoms with E-state index in [1.807, 2.05) is 30.3 Å². The van der Waals surface area contributed by atoms with E-state index < -0.39 is 0 Å². The van der Waals surface area contributed by atoms with E-state index in [2.05, 4.69) is 26.2 Å². The van der Waals surface area contributed by atoms with Crippen molar-refractivity contribution in [1.82, 2.24) is 4.98 Å². The number of pyridine rings is 1. The van der Waals surface area contributed by atoms with Crippen LogP contribution in [-0.2, 0) is 6.54 Å². The molecule has 1 aromatic carbocycles. The highest BCUT2D eigenvalue weighted by Crippen LogP contribution is 2.28. The van der Waals surface area contributed by atoms with Gasteiger partial charge in [0, 0.05) is 23.3 Å². The van der Waals surface area contributed by atoms with Crippen molar-refractivity contribution in [2.75, 3.05) is 12.4 Å². The second-order valence-electron chi connectivity index (χ2n) is 3.62. The maximum atomic E-state index is 6.17. The van der Waals surface area contributed by atoms with Gasteiger partial charge in [-0.2, -0.15) is 0 Å². The largest absolute Gasteiger partial charge is 0.496 e. The third-order valence-electron chi connectivity index (χ3n) is 2.51. The molecular formula is C13H12BrClN2O. The Labute approximate surface area is 119 Å². The van der Waals surface area contributed by atoms with Crippen LogP contribution in [-0.4, -0.2) is 12.1 Å². The fourth-order valence-corrected chi connectivity index (χ4v) is 2.23. The van der Waals surface area contributed by atoms with Crippen molar-refractivity contribution in [3.8, 4) is 5.75 Å². The van der Waals surface area contributed by atoms with E-state index in [9.17, 15) is 0 Å². The molecule has 0 saturated heterocycles. The smallest absolute Gasteiger partial charge is 0.129 e. The van der Waals surface area contributed by atoms with Gasteiger partial charge in [0.15, 0.2) is 0 Å². The van der Waals surface area contributed by atoms with E-state index >= 15 is 0 Å². The molecule has 0 bridgehead atoms. The Morgan fingerprint density at radius 1 is 1.33 bits per heavy atom. The standard InChI is InChI=1S/C13H12BrClN2O/c1-18-12-6-2-4-10(15)9(12)8-17-11-5-3-7-16-13(11)14/h2-7,17H,8H2,1H3. The van der Waals surface area contributed by atoms with Gasteiger partial charge in [0.25, 0.3) is 0 Å². The van der Waals surface area contributed by atoms with Crippen molar-refractivity contribution < 1.29 is 4.74 Å². The number of benzene rings is 1. The Balaban J connectivity index is 2.18. The average Bonchev–Trinajstić information content (AvgIpc) is 2.39. The first-order valence-corrected chi connectivity index (χ1v) is 6.55. The molecular weight excluding hydrogens is 316 g/mol. The summed E-state index contributed by atoms with van der Waals surface area (Å²) in [6.45, 7) is 0.577. The number of rotatable bonds is 4. The first-order chi connectivity index (χ1) is 8.72. The molecule has 1 N–H and O–H groups in total. The third kappa shape index (κ3) is 2.94. The normalized spacial score (nSPS) is 10.2. The molecule has 0 saturated carbocycles. The summed E-state index contributed by atoms with van der Waals surface area (Å²) in [6.07, 6.45) is 1.73. The quantitative estimate of drug-likeness (QED) is 0.858. The van der Waals surface area contributed by atoms with E-state index in [0.717, 1.165) is 21.6 Å². The molecule has 0 unspecified atom stereocenters. The number of hydrogen-bond acceptors (Lipinski definition) is 3. The molecule has 18 heavy (non-hydrogen) atoms. The summed E-state index contributed by atoms with van der Waals surface area (Å²) < 4.78 is 6.07. The number of nitrogens with zero attached hydrogens (tertiary/aromatic N) is 1. The average molecular weight is 328 g/mol. The molecule has 0 radical (unpaired) electrons. The van der Waals surface area contributed by atoms with Crippen molar-refractivity contribution in [3.63, 3.8) is 0 Å². The van der Waals surface area contributed by atoms with Crippen LogP contribution >= 0.6 is 27.5 Å². The Morgan fingerprint density at radius 2 is 2.17 bits per heavy atom. The Kier molecular flexibility index (Phi) is 4.44. The van der Waals surface area contributed by atoms with Crippen molar-refractivity contribution in [2.45, 2.75) is 6.54 Å². The number of hydrogen-bond donors (Lipinski definition) is 1. The maximum absolute atomic E-state index is 6.17.